The molecule has 0 aliphatic heterocycles. The van der Waals surface area contributed by atoms with Gasteiger partial charge in [0.05, 0.1) is 17.0 Å². The molecule has 0 aliphatic rings. The third-order valence-electron chi connectivity index (χ3n) is 3.88. The van der Waals surface area contributed by atoms with Crippen molar-refractivity contribution in [2.75, 3.05) is 5.32 Å². The molecule has 0 radical (unpaired) electrons. The molecule has 0 atom stereocenters. The lowest BCUT2D eigenvalue weighted by molar-refractivity contribution is 0.0696. The maximum absolute atomic E-state index is 12.5. The number of anilines is 1. The second kappa shape index (κ2) is 6.86. The number of carbonyl (C=O) groups excluding carboxylic acids is 1. The Kier molecular flexibility index (Phi) is 5.16. The number of carboxylic acids is 1. The molecule has 6 heteroatoms. The summed E-state index contributed by atoms with van der Waals surface area (Å²) in [6, 6.07) is 7.69. The summed E-state index contributed by atoms with van der Waals surface area (Å²) < 4.78 is 0. The Hall–Kier alpha value is -2.76. The molecule has 0 bridgehead atoms. The van der Waals surface area contributed by atoms with Crippen molar-refractivity contribution in [1.82, 2.24) is 9.97 Å². The van der Waals surface area contributed by atoms with Crippen molar-refractivity contribution in [2.45, 2.75) is 52.4 Å². The molecule has 1 aromatic carbocycles. The Balaban J connectivity index is 2.35. The molecule has 0 saturated heterocycles. The van der Waals surface area contributed by atoms with Crippen LogP contribution in [0.4, 0.5) is 5.95 Å². The molecule has 138 valence electrons. The number of nitrogens with zero attached hydrogens (tertiary/aromatic N) is 2. The van der Waals surface area contributed by atoms with Crippen LogP contribution in [0.25, 0.3) is 0 Å². The minimum atomic E-state index is -1.03. The van der Waals surface area contributed by atoms with Gasteiger partial charge in [0, 0.05) is 16.4 Å². The zero-order valence-electron chi connectivity index (χ0n) is 16.0. The number of aromatic carboxylic acids is 1. The first-order chi connectivity index (χ1) is 11.9. The third-order valence-corrected chi connectivity index (χ3v) is 3.88. The summed E-state index contributed by atoms with van der Waals surface area (Å²) in [5.74, 6) is -1.17. The summed E-state index contributed by atoms with van der Waals surface area (Å²) in [6.07, 6.45) is 0. The van der Waals surface area contributed by atoms with E-state index in [1.54, 1.807) is 0 Å². The monoisotopic (exact) mass is 355 g/mol. The van der Waals surface area contributed by atoms with Crippen molar-refractivity contribution >= 4 is 17.8 Å². The van der Waals surface area contributed by atoms with E-state index in [1.165, 1.54) is 24.3 Å². The van der Waals surface area contributed by atoms with Gasteiger partial charge >= 0.3 is 5.97 Å². The lowest BCUT2D eigenvalue weighted by Gasteiger charge is -2.24. The molecule has 0 fully saturated rings. The Bertz CT molecular complexity index is 797. The highest BCUT2D eigenvalue weighted by Crippen LogP contribution is 2.27. The maximum Gasteiger partial charge on any atom is 0.335 e. The fraction of sp³-hybridized carbons (Fsp3) is 0.400. The smallest absolute Gasteiger partial charge is 0.335 e. The Morgan fingerprint density at radius 2 is 1.27 bits per heavy atom. The van der Waals surface area contributed by atoms with E-state index >= 15 is 0 Å². The maximum atomic E-state index is 12.5. The van der Waals surface area contributed by atoms with Crippen LogP contribution >= 0.6 is 0 Å². The zero-order valence-corrected chi connectivity index (χ0v) is 16.0. The van der Waals surface area contributed by atoms with Crippen molar-refractivity contribution in [3.63, 3.8) is 0 Å². The van der Waals surface area contributed by atoms with Gasteiger partial charge in [-0.2, -0.15) is 0 Å². The molecule has 2 aromatic rings. The predicted octanol–water partition coefficient (Wildman–Crippen LogP) is 4.02. The average Bonchev–Trinajstić information content (AvgIpc) is 2.53. The van der Waals surface area contributed by atoms with E-state index in [2.05, 4.69) is 56.8 Å². The summed E-state index contributed by atoms with van der Waals surface area (Å²) >= 11 is 0. The number of carboxylic acid groups (broad SMARTS) is 1. The van der Waals surface area contributed by atoms with Gasteiger partial charge in [-0.3, -0.25) is 10.1 Å². The summed E-state index contributed by atoms with van der Waals surface area (Å²) in [5.41, 5.74) is 1.78. The van der Waals surface area contributed by atoms with Gasteiger partial charge in [-0.1, -0.05) is 41.5 Å². The summed E-state index contributed by atoms with van der Waals surface area (Å²) in [7, 11) is 0. The Labute approximate surface area is 153 Å². The molecule has 2 rings (SSSR count). The summed E-state index contributed by atoms with van der Waals surface area (Å²) in [5, 5.41) is 11.7. The third kappa shape index (κ3) is 4.65. The van der Waals surface area contributed by atoms with Crippen LogP contribution in [0.2, 0.25) is 0 Å². The largest absolute Gasteiger partial charge is 0.478 e. The molecular formula is C20H25N3O3. The molecule has 1 aromatic heterocycles. The molecule has 0 unspecified atom stereocenters. The highest BCUT2D eigenvalue weighted by Gasteiger charge is 2.23. The number of amides is 1. The topological polar surface area (TPSA) is 92.2 Å². The van der Waals surface area contributed by atoms with Crippen LogP contribution in [-0.2, 0) is 10.8 Å². The van der Waals surface area contributed by atoms with E-state index < -0.39 is 5.97 Å². The van der Waals surface area contributed by atoms with Gasteiger partial charge in [-0.25, -0.2) is 14.8 Å². The first kappa shape index (κ1) is 19.6. The number of hydrogen-bond acceptors (Lipinski definition) is 4. The molecule has 6 nitrogen and oxygen atoms in total. The lowest BCUT2D eigenvalue weighted by Crippen LogP contribution is -2.23. The van der Waals surface area contributed by atoms with Gasteiger partial charge in [0.15, 0.2) is 0 Å². The number of carbonyl (C=O) groups is 2. The summed E-state index contributed by atoms with van der Waals surface area (Å²) in [6.45, 7) is 12.3. The zero-order chi connectivity index (χ0) is 19.7. The van der Waals surface area contributed by atoms with Crippen molar-refractivity contribution < 1.29 is 14.7 Å². The van der Waals surface area contributed by atoms with Crippen LogP contribution in [0.5, 0.6) is 0 Å². The van der Waals surface area contributed by atoms with Gasteiger partial charge in [0.1, 0.15) is 0 Å². The van der Waals surface area contributed by atoms with Crippen LogP contribution in [0.3, 0.4) is 0 Å². The number of nitrogens with one attached hydrogen (secondary N) is 1. The normalized spacial score (nSPS) is 11.9. The Morgan fingerprint density at radius 3 is 1.65 bits per heavy atom. The van der Waals surface area contributed by atoms with E-state index in [0.717, 1.165) is 11.4 Å². The number of rotatable bonds is 3. The van der Waals surface area contributed by atoms with Crippen LogP contribution in [0.15, 0.2) is 30.3 Å². The van der Waals surface area contributed by atoms with Gasteiger partial charge in [0.25, 0.3) is 5.91 Å². The minimum absolute atomic E-state index is 0.127. The van der Waals surface area contributed by atoms with Crippen LogP contribution in [0.1, 0.15) is 73.6 Å². The van der Waals surface area contributed by atoms with Gasteiger partial charge in [0.2, 0.25) is 5.95 Å². The first-order valence-electron chi connectivity index (χ1n) is 8.42. The molecule has 0 saturated carbocycles. The van der Waals surface area contributed by atoms with Gasteiger partial charge in [-0.05, 0) is 30.3 Å². The predicted molar refractivity (Wildman–Crippen MR) is 101 cm³/mol. The first-order valence-corrected chi connectivity index (χ1v) is 8.42. The van der Waals surface area contributed by atoms with Crippen molar-refractivity contribution in [3.8, 4) is 0 Å². The number of aromatic nitrogens is 2. The average molecular weight is 355 g/mol. The van der Waals surface area contributed by atoms with Gasteiger partial charge < -0.3 is 5.11 Å². The second-order valence-electron chi connectivity index (χ2n) is 8.30. The van der Waals surface area contributed by atoms with E-state index in [0.29, 0.717) is 5.56 Å². The van der Waals surface area contributed by atoms with Crippen molar-refractivity contribution in [3.05, 3.63) is 52.8 Å². The molecule has 1 heterocycles. The molecule has 0 aliphatic carbocycles. The summed E-state index contributed by atoms with van der Waals surface area (Å²) in [4.78, 5) is 32.4. The van der Waals surface area contributed by atoms with E-state index in [9.17, 15) is 9.59 Å². The van der Waals surface area contributed by atoms with Crippen LogP contribution in [0, 0.1) is 0 Å². The molecular weight excluding hydrogens is 330 g/mol. The van der Waals surface area contributed by atoms with E-state index in [1.807, 2.05) is 6.07 Å². The Morgan fingerprint density at radius 1 is 0.846 bits per heavy atom. The lowest BCUT2D eigenvalue weighted by atomic mass is 9.87. The quantitative estimate of drug-likeness (QED) is 0.867. The van der Waals surface area contributed by atoms with Crippen LogP contribution in [-0.4, -0.2) is 27.0 Å². The van der Waals surface area contributed by atoms with E-state index in [-0.39, 0.29) is 28.2 Å². The number of hydrogen-bond donors (Lipinski definition) is 2. The van der Waals surface area contributed by atoms with Crippen molar-refractivity contribution in [2.24, 2.45) is 0 Å². The second-order valence-corrected chi connectivity index (χ2v) is 8.30. The molecule has 2 N–H and O–H groups in total. The molecule has 1 amide bonds. The fourth-order valence-electron chi connectivity index (χ4n) is 2.21. The minimum Gasteiger partial charge on any atom is -0.478 e. The van der Waals surface area contributed by atoms with Crippen LogP contribution < -0.4 is 5.32 Å². The SMILES string of the molecule is CC(C)(C)c1cc(C(C)(C)C)nc(NC(=O)c2ccc(C(=O)O)cc2)n1. The van der Waals surface area contributed by atoms with Crippen molar-refractivity contribution in [1.29, 1.82) is 0 Å². The highest BCUT2D eigenvalue weighted by atomic mass is 16.4. The highest BCUT2D eigenvalue weighted by molar-refractivity contribution is 6.03. The standard InChI is InChI=1S/C20H25N3O3/c1-19(2,3)14-11-15(20(4,5)6)22-18(21-14)23-16(24)12-7-9-13(10-8-12)17(25)26/h7-11H,1-6H3,(H,25,26)(H,21,22,23,24). The van der Waals surface area contributed by atoms with Gasteiger partial charge in [-0.15, -0.1) is 0 Å². The number of benzene rings is 1. The van der Waals surface area contributed by atoms with E-state index in [4.69, 9.17) is 5.11 Å². The molecule has 26 heavy (non-hydrogen) atoms. The molecule has 0 spiro atoms. The fourth-order valence-corrected chi connectivity index (χ4v) is 2.21.